The van der Waals surface area contributed by atoms with Gasteiger partial charge in [-0.3, -0.25) is 14.4 Å². The number of hydrogen-bond acceptors (Lipinski definition) is 3. The van der Waals surface area contributed by atoms with Crippen molar-refractivity contribution in [3.05, 3.63) is 52.3 Å². The van der Waals surface area contributed by atoms with Gasteiger partial charge in [0.25, 0.3) is 0 Å². The van der Waals surface area contributed by atoms with E-state index in [4.69, 9.17) is 0 Å². The predicted molar refractivity (Wildman–Crippen MR) is 82.6 cm³/mol. The van der Waals surface area contributed by atoms with E-state index < -0.39 is 0 Å². The molecule has 2 aromatic rings. The Labute approximate surface area is 127 Å². The van der Waals surface area contributed by atoms with Crippen LogP contribution in [0, 0.1) is 0 Å². The normalized spacial score (nSPS) is 12.7. The fourth-order valence-corrected chi connectivity index (χ4v) is 2.30. The third kappa shape index (κ3) is 3.55. The molecule has 0 amide bonds. The van der Waals surface area contributed by atoms with Crippen molar-refractivity contribution in [1.29, 1.82) is 0 Å². The minimum Gasteiger partial charge on any atom is -0.292 e. The summed E-state index contributed by atoms with van der Waals surface area (Å²) < 4.78 is 2.75. The SMILES string of the molecule is CC(C(=O)c1ccc(Br)cc1)N(C)Cc1cnn(C)c1. The molecule has 5 heteroatoms. The van der Waals surface area contributed by atoms with Gasteiger partial charge in [-0.05, 0) is 26.1 Å². The van der Waals surface area contributed by atoms with Crippen molar-refractivity contribution < 1.29 is 4.79 Å². The summed E-state index contributed by atoms with van der Waals surface area (Å²) >= 11 is 3.38. The topological polar surface area (TPSA) is 38.1 Å². The number of ketones is 1. The highest BCUT2D eigenvalue weighted by Crippen LogP contribution is 2.14. The first kappa shape index (κ1) is 14.9. The molecule has 0 spiro atoms. The Morgan fingerprint density at radius 2 is 2.05 bits per heavy atom. The smallest absolute Gasteiger partial charge is 0.179 e. The van der Waals surface area contributed by atoms with Crippen LogP contribution in [0.5, 0.6) is 0 Å². The van der Waals surface area contributed by atoms with Gasteiger partial charge in [-0.1, -0.05) is 28.1 Å². The summed E-state index contributed by atoms with van der Waals surface area (Å²) in [5.41, 5.74) is 1.84. The minimum atomic E-state index is -0.170. The van der Waals surface area contributed by atoms with Crippen LogP contribution in [-0.2, 0) is 13.6 Å². The van der Waals surface area contributed by atoms with Gasteiger partial charge in [-0.25, -0.2) is 0 Å². The van der Waals surface area contributed by atoms with Crippen LogP contribution in [-0.4, -0.2) is 33.6 Å². The van der Waals surface area contributed by atoms with Crippen LogP contribution in [0.1, 0.15) is 22.8 Å². The van der Waals surface area contributed by atoms with Gasteiger partial charge in [0.1, 0.15) is 0 Å². The lowest BCUT2D eigenvalue weighted by molar-refractivity contribution is 0.0862. The highest BCUT2D eigenvalue weighted by Gasteiger charge is 2.19. The molecular weight excluding hydrogens is 318 g/mol. The molecule has 1 aromatic carbocycles. The molecule has 1 unspecified atom stereocenters. The van der Waals surface area contributed by atoms with Crippen molar-refractivity contribution in [1.82, 2.24) is 14.7 Å². The number of hydrogen-bond donors (Lipinski definition) is 0. The van der Waals surface area contributed by atoms with Crippen molar-refractivity contribution in [2.45, 2.75) is 19.5 Å². The summed E-state index contributed by atoms with van der Waals surface area (Å²) in [7, 11) is 3.84. The van der Waals surface area contributed by atoms with Crippen LogP contribution in [0.15, 0.2) is 41.1 Å². The Bertz CT molecular complexity index is 591. The Balaban J connectivity index is 2.04. The number of carbonyl (C=O) groups is 1. The van der Waals surface area contributed by atoms with Crippen LogP contribution >= 0.6 is 15.9 Å². The van der Waals surface area contributed by atoms with Crippen LogP contribution in [0.25, 0.3) is 0 Å². The summed E-state index contributed by atoms with van der Waals surface area (Å²) in [6.07, 6.45) is 3.79. The van der Waals surface area contributed by atoms with Crippen LogP contribution in [0.4, 0.5) is 0 Å². The third-order valence-electron chi connectivity index (χ3n) is 3.36. The maximum absolute atomic E-state index is 12.4. The first-order chi connectivity index (χ1) is 9.47. The zero-order valence-electron chi connectivity index (χ0n) is 11.9. The standard InChI is InChI=1S/C15H18BrN3O/c1-11(15(20)13-4-6-14(16)7-5-13)18(2)9-12-8-17-19(3)10-12/h4-8,10-11H,9H2,1-3H3. The zero-order chi connectivity index (χ0) is 14.7. The van der Waals surface area contributed by atoms with Gasteiger partial charge in [0.2, 0.25) is 0 Å². The number of Topliss-reactive ketones (excluding diaryl/α,β-unsaturated/α-hetero) is 1. The van der Waals surface area contributed by atoms with Gasteiger partial charge in [-0.15, -0.1) is 0 Å². The highest BCUT2D eigenvalue weighted by atomic mass is 79.9. The molecule has 1 heterocycles. The lowest BCUT2D eigenvalue weighted by atomic mass is 10.0. The maximum atomic E-state index is 12.4. The number of likely N-dealkylation sites (N-methyl/N-ethyl adjacent to an activating group) is 1. The average molecular weight is 336 g/mol. The molecule has 0 N–H and O–H groups in total. The van der Waals surface area contributed by atoms with E-state index in [1.807, 2.05) is 62.6 Å². The first-order valence-corrected chi connectivity index (χ1v) is 7.24. The van der Waals surface area contributed by atoms with E-state index in [1.165, 1.54) is 0 Å². The van der Waals surface area contributed by atoms with Crippen molar-refractivity contribution >= 4 is 21.7 Å². The van der Waals surface area contributed by atoms with Crippen LogP contribution in [0.2, 0.25) is 0 Å². The minimum absolute atomic E-state index is 0.129. The van der Waals surface area contributed by atoms with Gasteiger partial charge >= 0.3 is 0 Å². The molecule has 106 valence electrons. The van der Waals surface area contributed by atoms with Gasteiger partial charge in [0, 0.05) is 35.4 Å². The summed E-state index contributed by atoms with van der Waals surface area (Å²) in [6, 6.07) is 7.31. The maximum Gasteiger partial charge on any atom is 0.179 e. The van der Waals surface area contributed by atoms with E-state index in [9.17, 15) is 4.79 Å². The monoisotopic (exact) mass is 335 g/mol. The summed E-state index contributed by atoms with van der Waals surface area (Å²) in [5, 5.41) is 4.14. The largest absolute Gasteiger partial charge is 0.292 e. The quantitative estimate of drug-likeness (QED) is 0.788. The second kappa shape index (κ2) is 6.33. The summed E-state index contributed by atoms with van der Waals surface area (Å²) in [4.78, 5) is 14.4. The van der Waals surface area contributed by atoms with Crippen LogP contribution in [0.3, 0.4) is 0 Å². The Hall–Kier alpha value is -1.46. The molecule has 0 radical (unpaired) electrons. The summed E-state index contributed by atoms with van der Waals surface area (Å²) in [6.45, 7) is 2.64. The van der Waals surface area contributed by atoms with E-state index in [2.05, 4.69) is 21.0 Å². The molecule has 2 rings (SSSR count). The van der Waals surface area contributed by atoms with Crippen molar-refractivity contribution in [2.75, 3.05) is 7.05 Å². The molecule has 0 saturated heterocycles. The van der Waals surface area contributed by atoms with E-state index in [0.29, 0.717) is 6.54 Å². The second-order valence-electron chi connectivity index (χ2n) is 4.98. The van der Waals surface area contributed by atoms with Crippen molar-refractivity contribution in [3.8, 4) is 0 Å². The molecule has 0 aliphatic rings. The molecule has 1 atom stereocenters. The molecule has 20 heavy (non-hydrogen) atoms. The number of aromatic nitrogens is 2. The molecule has 0 saturated carbocycles. The van der Waals surface area contributed by atoms with Crippen molar-refractivity contribution in [2.24, 2.45) is 7.05 Å². The average Bonchev–Trinajstić information content (AvgIpc) is 2.83. The van der Waals surface area contributed by atoms with Crippen LogP contribution < -0.4 is 0 Å². The molecule has 0 bridgehead atoms. The number of rotatable bonds is 5. The second-order valence-corrected chi connectivity index (χ2v) is 5.90. The third-order valence-corrected chi connectivity index (χ3v) is 3.89. The molecule has 0 aliphatic heterocycles. The van der Waals surface area contributed by atoms with Gasteiger partial charge < -0.3 is 0 Å². The number of carbonyl (C=O) groups excluding carboxylic acids is 1. The lowest BCUT2D eigenvalue weighted by Crippen LogP contribution is -2.35. The number of aryl methyl sites for hydroxylation is 1. The number of nitrogens with zero attached hydrogens (tertiary/aromatic N) is 3. The Morgan fingerprint density at radius 3 is 2.60 bits per heavy atom. The fraction of sp³-hybridized carbons (Fsp3) is 0.333. The fourth-order valence-electron chi connectivity index (χ4n) is 2.03. The first-order valence-electron chi connectivity index (χ1n) is 6.45. The summed E-state index contributed by atoms with van der Waals surface area (Å²) in [5.74, 6) is 0.129. The van der Waals surface area contributed by atoms with Gasteiger partial charge in [-0.2, -0.15) is 5.10 Å². The molecular formula is C15H18BrN3O. The molecule has 1 aromatic heterocycles. The van der Waals surface area contributed by atoms with E-state index in [-0.39, 0.29) is 11.8 Å². The highest BCUT2D eigenvalue weighted by molar-refractivity contribution is 9.10. The zero-order valence-corrected chi connectivity index (χ0v) is 13.5. The van der Waals surface area contributed by atoms with Gasteiger partial charge in [0.15, 0.2) is 5.78 Å². The number of halogens is 1. The lowest BCUT2D eigenvalue weighted by Gasteiger charge is -2.23. The molecule has 0 aliphatic carbocycles. The van der Waals surface area contributed by atoms with E-state index in [1.54, 1.807) is 4.68 Å². The molecule has 4 nitrogen and oxygen atoms in total. The Morgan fingerprint density at radius 1 is 1.40 bits per heavy atom. The molecule has 0 fully saturated rings. The predicted octanol–water partition coefficient (Wildman–Crippen LogP) is 2.89. The van der Waals surface area contributed by atoms with Gasteiger partial charge in [0.05, 0.1) is 12.2 Å². The Kier molecular flexibility index (Phi) is 4.73. The number of benzene rings is 1. The van der Waals surface area contributed by atoms with E-state index in [0.717, 1.165) is 15.6 Å². The van der Waals surface area contributed by atoms with E-state index >= 15 is 0 Å². The van der Waals surface area contributed by atoms with Crippen molar-refractivity contribution in [3.63, 3.8) is 0 Å².